The first-order valence-electron chi connectivity index (χ1n) is 6.89. The maximum absolute atomic E-state index is 14.1. The van der Waals surface area contributed by atoms with Crippen molar-refractivity contribution in [2.45, 2.75) is 27.2 Å². The summed E-state index contributed by atoms with van der Waals surface area (Å²) >= 11 is 0. The van der Waals surface area contributed by atoms with Gasteiger partial charge in [0.1, 0.15) is 5.82 Å². The van der Waals surface area contributed by atoms with Gasteiger partial charge in [-0.3, -0.25) is 4.79 Å². The number of hydrogen-bond donors (Lipinski definition) is 2. The highest BCUT2D eigenvalue weighted by Gasteiger charge is 2.16. The third kappa shape index (κ3) is 3.05. The zero-order valence-electron chi connectivity index (χ0n) is 12.5. The monoisotopic (exact) mass is 286 g/mol. The molecule has 0 aliphatic heterocycles. The highest BCUT2D eigenvalue weighted by molar-refractivity contribution is 6.06. The Hall–Kier alpha value is -2.36. The molecule has 2 rings (SSSR count). The molecular formula is C17H19FN2O. The van der Waals surface area contributed by atoms with Crippen LogP contribution in [0.1, 0.15) is 34.0 Å². The number of para-hydroxylation sites is 1. The summed E-state index contributed by atoms with van der Waals surface area (Å²) < 4.78 is 14.1. The van der Waals surface area contributed by atoms with Crippen molar-refractivity contribution in [2.24, 2.45) is 0 Å². The SMILES string of the molecule is CCc1cccc(C)c1NC(=O)c1cc(N)cc(C)c1F. The third-order valence-corrected chi connectivity index (χ3v) is 3.50. The summed E-state index contributed by atoms with van der Waals surface area (Å²) in [6.45, 7) is 5.51. The van der Waals surface area contributed by atoms with Gasteiger partial charge in [-0.15, -0.1) is 0 Å². The van der Waals surface area contributed by atoms with Crippen LogP contribution in [-0.4, -0.2) is 5.91 Å². The van der Waals surface area contributed by atoms with Gasteiger partial charge in [0, 0.05) is 11.4 Å². The van der Waals surface area contributed by atoms with Crippen LogP contribution in [0.5, 0.6) is 0 Å². The van der Waals surface area contributed by atoms with Crippen LogP contribution in [-0.2, 0) is 6.42 Å². The van der Waals surface area contributed by atoms with Gasteiger partial charge in [-0.1, -0.05) is 25.1 Å². The van der Waals surface area contributed by atoms with Gasteiger partial charge < -0.3 is 11.1 Å². The number of carbonyl (C=O) groups excluding carboxylic acids is 1. The maximum Gasteiger partial charge on any atom is 0.258 e. The van der Waals surface area contributed by atoms with Gasteiger partial charge in [-0.05, 0) is 49.1 Å². The fraction of sp³-hybridized carbons (Fsp3) is 0.235. The molecule has 0 spiro atoms. The minimum Gasteiger partial charge on any atom is -0.399 e. The Morgan fingerprint density at radius 1 is 1.24 bits per heavy atom. The summed E-state index contributed by atoms with van der Waals surface area (Å²) in [5.41, 5.74) is 9.11. The summed E-state index contributed by atoms with van der Waals surface area (Å²) in [4.78, 5) is 12.4. The van der Waals surface area contributed by atoms with E-state index in [1.165, 1.54) is 12.1 Å². The van der Waals surface area contributed by atoms with E-state index in [0.29, 0.717) is 11.3 Å². The molecule has 1 amide bonds. The van der Waals surface area contributed by atoms with Gasteiger partial charge in [-0.2, -0.15) is 0 Å². The van der Waals surface area contributed by atoms with Crippen LogP contribution in [0.15, 0.2) is 30.3 Å². The second-order valence-corrected chi connectivity index (χ2v) is 5.12. The molecule has 3 nitrogen and oxygen atoms in total. The van der Waals surface area contributed by atoms with E-state index in [2.05, 4.69) is 5.32 Å². The van der Waals surface area contributed by atoms with E-state index in [9.17, 15) is 9.18 Å². The van der Waals surface area contributed by atoms with Gasteiger partial charge in [0.25, 0.3) is 5.91 Å². The van der Waals surface area contributed by atoms with E-state index in [4.69, 9.17) is 5.73 Å². The van der Waals surface area contributed by atoms with Crippen molar-refractivity contribution >= 4 is 17.3 Å². The Kier molecular flexibility index (Phi) is 4.26. The Labute approximate surface area is 124 Å². The first-order chi connectivity index (χ1) is 9.93. The minimum atomic E-state index is -0.534. The Morgan fingerprint density at radius 2 is 1.95 bits per heavy atom. The van der Waals surface area contributed by atoms with Crippen molar-refractivity contribution in [1.82, 2.24) is 0 Å². The fourth-order valence-electron chi connectivity index (χ4n) is 2.35. The Morgan fingerprint density at radius 3 is 2.62 bits per heavy atom. The molecule has 0 radical (unpaired) electrons. The molecule has 110 valence electrons. The predicted molar refractivity (Wildman–Crippen MR) is 84.1 cm³/mol. The van der Waals surface area contributed by atoms with E-state index < -0.39 is 11.7 Å². The Bertz CT molecular complexity index is 695. The molecule has 0 saturated carbocycles. The number of aryl methyl sites for hydroxylation is 3. The van der Waals surface area contributed by atoms with E-state index in [0.717, 1.165) is 23.2 Å². The predicted octanol–water partition coefficient (Wildman–Crippen LogP) is 3.84. The van der Waals surface area contributed by atoms with Crippen LogP contribution < -0.4 is 11.1 Å². The Balaban J connectivity index is 2.40. The number of benzene rings is 2. The first-order valence-corrected chi connectivity index (χ1v) is 6.89. The van der Waals surface area contributed by atoms with E-state index >= 15 is 0 Å². The lowest BCUT2D eigenvalue weighted by atomic mass is 10.0. The molecule has 0 fully saturated rings. The largest absolute Gasteiger partial charge is 0.399 e. The number of hydrogen-bond acceptors (Lipinski definition) is 2. The topological polar surface area (TPSA) is 55.1 Å². The molecule has 0 unspecified atom stereocenters. The van der Waals surface area contributed by atoms with Crippen LogP contribution in [0.4, 0.5) is 15.8 Å². The smallest absolute Gasteiger partial charge is 0.258 e. The van der Waals surface area contributed by atoms with Crippen molar-refractivity contribution in [3.63, 3.8) is 0 Å². The average Bonchev–Trinajstić information content (AvgIpc) is 2.44. The number of amides is 1. The van der Waals surface area contributed by atoms with Crippen LogP contribution in [0.2, 0.25) is 0 Å². The average molecular weight is 286 g/mol. The second kappa shape index (κ2) is 5.95. The quantitative estimate of drug-likeness (QED) is 0.842. The number of halogens is 1. The number of anilines is 2. The van der Waals surface area contributed by atoms with Crippen LogP contribution >= 0.6 is 0 Å². The van der Waals surface area contributed by atoms with E-state index in [1.807, 2.05) is 32.0 Å². The van der Waals surface area contributed by atoms with Crippen molar-refractivity contribution < 1.29 is 9.18 Å². The number of carbonyl (C=O) groups is 1. The first kappa shape index (κ1) is 15.0. The van der Waals surface area contributed by atoms with Crippen molar-refractivity contribution in [3.05, 3.63) is 58.4 Å². The summed E-state index contributed by atoms with van der Waals surface area (Å²) in [7, 11) is 0. The van der Waals surface area contributed by atoms with Gasteiger partial charge in [0.2, 0.25) is 0 Å². The van der Waals surface area contributed by atoms with Gasteiger partial charge in [0.15, 0.2) is 0 Å². The number of nitrogen functional groups attached to an aromatic ring is 1. The summed E-state index contributed by atoms with van der Waals surface area (Å²) in [5, 5.41) is 2.81. The van der Waals surface area contributed by atoms with Crippen LogP contribution in [0.25, 0.3) is 0 Å². The lowest BCUT2D eigenvalue weighted by molar-refractivity contribution is 0.102. The van der Waals surface area contributed by atoms with Crippen molar-refractivity contribution in [2.75, 3.05) is 11.1 Å². The standard InChI is InChI=1S/C17H19FN2O/c1-4-12-7-5-6-10(2)16(12)20-17(21)14-9-13(19)8-11(3)15(14)18/h5-9H,4,19H2,1-3H3,(H,20,21). The van der Waals surface area contributed by atoms with E-state index in [1.54, 1.807) is 6.92 Å². The molecule has 0 heterocycles. The zero-order chi connectivity index (χ0) is 15.6. The number of nitrogens with one attached hydrogen (secondary N) is 1. The van der Waals surface area contributed by atoms with Crippen molar-refractivity contribution in [1.29, 1.82) is 0 Å². The molecule has 0 aromatic heterocycles. The lowest BCUT2D eigenvalue weighted by Crippen LogP contribution is -2.17. The molecule has 0 saturated heterocycles. The lowest BCUT2D eigenvalue weighted by Gasteiger charge is -2.14. The summed E-state index contributed by atoms with van der Waals surface area (Å²) in [6.07, 6.45) is 0.787. The van der Waals surface area contributed by atoms with Gasteiger partial charge in [0.05, 0.1) is 5.56 Å². The van der Waals surface area contributed by atoms with E-state index in [-0.39, 0.29) is 5.56 Å². The summed E-state index contributed by atoms with van der Waals surface area (Å²) in [5.74, 6) is -1.01. The molecule has 0 atom stereocenters. The number of nitrogens with two attached hydrogens (primary N) is 1. The molecule has 0 aliphatic carbocycles. The molecule has 0 bridgehead atoms. The molecule has 3 N–H and O–H groups in total. The fourth-order valence-corrected chi connectivity index (χ4v) is 2.35. The highest BCUT2D eigenvalue weighted by atomic mass is 19.1. The molecule has 2 aromatic rings. The van der Waals surface area contributed by atoms with Crippen molar-refractivity contribution in [3.8, 4) is 0 Å². The third-order valence-electron chi connectivity index (χ3n) is 3.50. The maximum atomic E-state index is 14.1. The molecule has 0 aliphatic rings. The second-order valence-electron chi connectivity index (χ2n) is 5.12. The highest BCUT2D eigenvalue weighted by Crippen LogP contribution is 2.23. The van der Waals surface area contributed by atoms with Gasteiger partial charge >= 0.3 is 0 Å². The molecule has 21 heavy (non-hydrogen) atoms. The normalized spacial score (nSPS) is 10.5. The van der Waals surface area contributed by atoms with Crippen LogP contribution in [0, 0.1) is 19.7 Å². The molecule has 2 aromatic carbocycles. The molecule has 4 heteroatoms. The summed E-state index contributed by atoms with van der Waals surface area (Å²) in [6, 6.07) is 8.67. The van der Waals surface area contributed by atoms with Crippen LogP contribution in [0.3, 0.4) is 0 Å². The molecular weight excluding hydrogens is 267 g/mol. The number of rotatable bonds is 3. The van der Waals surface area contributed by atoms with Gasteiger partial charge in [-0.25, -0.2) is 4.39 Å². The zero-order valence-corrected chi connectivity index (χ0v) is 12.5. The minimum absolute atomic E-state index is 0.0298.